The summed E-state index contributed by atoms with van der Waals surface area (Å²) in [5.41, 5.74) is 2.76. The summed E-state index contributed by atoms with van der Waals surface area (Å²) in [5.74, 6) is 2.42. The van der Waals surface area contributed by atoms with Crippen LogP contribution in [0.5, 0.6) is 5.75 Å². The summed E-state index contributed by atoms with van der Waals surface area (Å²) in [4.78, 5) is 23.4. The van der Waals surface area contributed by atoms with E-state index >= 15 is 0 Å². The Morgan fingerprint density at radius 3 is 2.58 bits per heavy atom. The Balaban J connectivity index is 1.47. The van der Waals surface area contributed by atoms with Gasteiger partial charge in [0.25, 0.3) is 5.91 Å². The van der Waals surface area contributed by atoms with Crippen LogP contribution < -0.4 is 15.0 Å². The van der Waals surface area contributed by atoms with Crippen LogP contribution in [-0.4, -0.2) is 41.6 Å². The van der Waals surface area contributed by atoms with Gasteiger partial charge in [0.05, 0.1) is 0 Å². The number of amides is 1. The molecule has 0 bridgehead atoms. The Morgan fingerprint density at radius 1 is 1.12 bits per heavy atom. The minimum absolute atomic E-state index is 0.0874. The number of piperidine rings is 1. The molecule has 0 unspecified atom stereocenters. The zero-order valence-electron chi connectivity index (χ0n) is 15.3. The molecule has 0 radical (unpaired) electrons. The van der Waals surface area contributed by atoms with Gasteiger partial charge in [0.1, 0.15) is 29.2 Å². The molecule has 1 fully saturated rings. The second-order valence-corrected chi connectivity index (χ2v) is 7.04. The minimum Gasteiger partial charge on any atom is -0.490 e. The number of benzene rings is 1. The Bertz CT molecular complexity index is 811. The zero-order valence-corrected chi connectivity index (χ0v) is 15.3. The van der Waals surface area contributed by atoms with Crippen LogP contribution in [0.15, 0.2) is 24.3 Å². The molecule has 0 aliphatic carbocycles. The maximum atomic E-state index is 12.1. The van der Waals surface area contributed by atoms with E-state index in [1.54, 1.807) is 0 Å². The summed E-state index contributed by atoms with van der Waals surface area (Å²) in [7, 11) is 0. The quantitative estimate of drug-likeness (QED) is 0.919. The van der Waals surface area contributed by atoms with Crippen molar-refractivity contribution in [1.29, 1.82) is 0 Å². The second-order valence-electron chi connectivity index (χ2n) is 7.04. The molecule has 6 heteroatoms. The van der Waals surface area contributed by atoms with Crippen molar-refractivity contribution in [2.24, 2.45) is 0 Å². The average Bonchev–Trinajstić information content (AvgIpc) is 2.65. The van der Waals surface area contributed by atoms with Gasteiger partial charge in [-0.3, -0.25) is 4.79 Å². The van der Waals surface area contributed by atoms with Crippen LogP contribution in [0.2, 0.25) is 0 Å². The lowest BCUT2D eigenvalue weighted by atomic mass is 10.0. The first-order valence-corrected chi connectivity index (χ1v) is 9.24. The molecule has 1 aromatic carbocycles. The van der Waals surface area contributed by atoms with E-state index in [4.69, 9.17) is 4.74 Å². The molecule has 3 heterocycles. The van der Waals surface area contributed by atoms with E-state index in [9.17, 15) is 4.79 Å². The van der Waals surface area contributed by atoms with Crippen LogP contribution in [0.4, 0.5) is 5.82 Å². The fraction of sp³-hybridized carbons (Fsp3) is 0.450. The minimum atomic E-state index is -0.0874. The largest absolute Gasteiger partial charge is 0.490 e. The summed E-state index contributed by atoms with van der Waals surface area (Å²) >= 11 is 0. The van der Waals surface area contributed by atoms with Gasteiger partial charge in [-0.2, -0.15) is 0 Å². The highest BCUT2D eigenvalue weighted by molar-refractivity contribution is 5.96. The average molecular weight is 352 g/mol. The molecule has 0 atom stereocenters. The lowest BCUT2D eigenvalue weighted by molar-refractivity contribution is 0.0940. The first kappa shape index (κ1) is 16.8. The normalized spacial score (nSPS) is 17.6. The SMILES string of the molecule is Cc1ccc(OC2CCN(c3nc(C)nc4c3CCNC4=O)CC2)cc1. The van der Waals surface area contributed by atoms with E-state index in [2.05, 4.69) is 39.2 Å². The molecule has 1 amide bonds. The topological polar surface area (TPSA) is 67.3 Å². The Labute approximate surface area is 153 Å². The molecular formula is C20H24N4O2. The van der Waals surface area contributed by atoms with E-state index in [1.807, 2.05) is 19.1 Å². The lowest BCUT2D eigenvalue weighted by Crippen LogP contribution is -2.41. The van der Waals surface area contributed by atoms with Crippen LogP contribution in [0.1, 0.15) is 40.3 Å². The van der Waals surface area contributed by atoms with Gasteiger partial charge in [0, 0.05) is 38.0 Å². The molecule has 4 rings (SSSR count). The van der Waals surface area contributed by atoms with Crippen molar-refractivity contribution in [1.82, 2.24) is 15.3 Å². The molecular weight excluding hydrogens is 328 g/mol. The number of hydrogen-bond donors (Lipinski definition) is 1. The molecule has 2 aliphatic rings. The summed E-state index contributed by atoms with van der Waals surface area (Å²) in [5, 5.41) is 2.87. The van der Waals surface area contributed by atoms with Gasteiger partial charge < -0.3 is 15.0 Å². The van der Waals surface area contributed by atoms with Crippen molar-refractivity contribution < 1.29 is 9.53 Å². The molecule has 2 aliphatic heterocycles. The fourth-order valence-electron chi connectivity index (χ4n) is 3.64. The maximum absolute atomic E-state index is 12.1. The maximum Gasteiger partial charge on any atom is 0.270 e. The van der Waals surface area contributed by atoms with Crippen molar-refractivity contribution >= 4 is 11.7 Å². The Kier molecular flexibility index (Phi) is 4.49. The lowest BCUT2D eigenvalue weighted by Gasteiger charge is -2.35. The number of hydrogen-bond acceptors (Lipinski definition) is 5. The van der Waals surface area contributed by atoms with Crippen LogP contribution >= 0.6 is 0 Å². The first-order valence-electron chi connectivity index (χ1n) is 9.24. The third kappa shape index (κ3) is 3.36. The van der Waals surface area contributed by atoms with Gasteiger partial charge in [-0.05, 0) is 32.4 Å². The second kappa shape index (κ2) is 6.94. The van der Waals surface area contributed by atoms with E-state index in [0.717, 1.165) is 49.5 Å². The molecule has 6 nitrogen and oxygen atoms in total. The van der Waals surface area contributed by atoms with E-state index in [1.165, 1.54) is 5.56 Å². The van der Waals surface area contributed by atoms with Crippen LogP contribution in [0.25, 0.3) is 0 Å². The van der Waals surface area contributed by atoms with Gasteiger partial charge in [0.15, 0.2) is 0 Å². The number of anilines is 1. The first-order chi connectivity index (χ1) is 12.6. The number of aromatic nitrogens is 2. The van der Waals surface area contributed by atoms with Gasteiger partial charge in [-0.15, -0.1) is 0 Å². The van der Waals surface area contributed by atoms with E-state index in [-0.39, 0.29) is 12.0 Å². The summed E-state index contributed by atoms with van der Waals surface area (Å²) in [6, 6.07) is 8.21. The van der Waals surface area contributed by atoms with Crippen LogP contribution in [-0.2, 0) is 6.42 Å². The standard InChI is InChI=1S/C20H24N4O2/c1-13-3-5-15(6-4-13)26-16-8-11-24(12-9-16)19-17-7-10-21-20(25)18(17)22-14(2)23-19/h3-6,16H,7-12H2,1-2H3,(H,21,25). The third-order valence-corrected chi connectivity index (χ3v) is 5.04. The predicted octanol–water partition coefficient (Wildman–Crippen LogP) is 2.43. The van der Waals surface area contributed by atoms with Crippen molar-refractivity contribution in [3.63, 3.8) is 0 Å². The van der Waals surface area contributed by atoms with Crippen LogP contribution in [0, 0.1) is 13.8 Å². The number of rotatable bonds is 3. The number of aryl methyl sites for hydroxylation is 2. The van der Waals surface area contributed by atoms with Crippen molar-refractivity contribution in [2.45, 2.75) is 39.2 Å². The Hall–Kier alpha value is -2.63. The van der Waals surface area contributed by atoms with Crippen molar-refractivity contribution in [2.75, 3.05) is 24.5 Å². The van der Waals surface area contributed by atoms with E-state index < -0.39 is 0 Å². The molecule has 1 aromatic heterocycles. The Morgan fingerprint density at radius 2 is 1.85 bits per heavy atom. The highest BCUT2D eigenvalue weighted by Crippen LogP contribution is 2.27. The van der Waals surface area contributed by atoms with Gasteiger partial charge >= 0.3 is 0 Å². The molecule has 0 saturated carbocycles. The fourth-order valence-corrected chi connectivity index (χ4v) is 3.64. The number of fused-ring (bicyclic) bond motifs is 1. The molecule has 26 heavy (non-hydrogen) atoms. The summed E-state index contributed by atoms with van der Waals surface area (Å²) in [6.45, 7) is 6.33. The summed E-state index contributed by atoms with van der Waals surface area (Å²) in [6.07, 6.45) is 2.89. The number of nitrogens with one attached hydrogen (secondary N) is 1. The monoisotopic (exact) mass is 352 g/mol. The zero-order chi connectivity index (χ0) is 18.1. The predicted molar refractivity (Wildman–Crippen MR) is 99.8 cm³/mol. The number of ether oxygens (including phenoxy) is 1. The highest BCUT2D eigenvalue weighted by Gasteiger charge is 2.28. The van der Waals surface area contributed by atoms with Crippen LogP contribution in [0.3, 0.4) is 0 Å². The number of nitrogens with zero attached hydrogens (tertiary/aromatic N) is 3. The number of carbonyl (C=O) groups is 1. The molecule has 1 N–H and O–H groups in total. The smallest absolute Gasteiger partial charge is 0.270 e. The van der Waals surface area contributed by atoms with E-state index in [0.29, 0.717) is 18.1 Å². The molecule has 1 saturated heterocycles. The molecule has 136 valence electrons. The van der Waals surface area contributed by atoms with Gasteiger partial charge in [-0.1, -0.05) is 17.7 Å². The van der Waals surface area contributed by atoms with Gasteiger partial charge in [-0.25, -0.2) is 9.97 Å². The third-order valence-electron chi connectivity index (χ3n) is 5.04. The van der Waals surface area contributed by atoms with Crippen molar-refractivity contribution in [3.05, 3.63) is 46.9 Å². The molecule has 2 aromatic rings. The van der Waals surface area contributed by atoms with Gasteiger partial charge in [0.2, 0.25) is 0 Å². The molecule has 0 spiro atoms. The highest BCUT2D eigenvalue weighted by atomic mass is 16.5. The number of carbonyl (C=O) groups excluding carboxylic acids is 1. The summed E-state index contributed by atoms with van der Waals surface area (Å²) < 4.78 is 6.12. The van der Waals surface area contributed by atoms with Crippen molar-refractivity contribution in [3.8, 4) is 5.75 Å².